The van der Waals surface area contributed by atoms with Crippen LogP contribution in [0.5, 0.6) is 0 Å². The molecule has 0 saturated carbocycles. The molecule has 5 nitrogen and oxygen atoms in total. The molecule has 0 aliphatic carbocycles. The Balaban J connectivity index is 1.65. The van der Waals surface area contributed by atoms with Gasteiger partial charge >= 0.3 is 0 Å². The Morgan fingerprint density at radius 1 is 1.04 bits per heavy atom. The van der Waals surface area contributed by atoms with Crippen molar-refractivity contribution in [1.29, 1.82) is 0 Å². The lowest BCUT2D eigenvalue weighted by atomic mass is 10.1. The summed E-state index contributed by atoms with van der Waals surface area (Å²) < 4.78 is 0. The maximum Gasteiger partial charge on any atom is 0.249 e. The monoisotopic (exact) mass is 367 g/mol. The van der Waals surface area contributed by atoms with E-state index in [-0.39, 0.29) is 0 Å². The quantitative estimate of drug-likeness (QED) is 0.652. The Hall–Kier alpha value is -2.66. The Bertz CT molecular complexity index is 887. The van der Waals surface area contributed by atoms with E-state index < -0.39 is 0 Å². The molecule has 3 rings (SSSR count). The third-order valence-electron chi connectivity index (χ3n) is 4.08. The number of nitrogens with one attached hydrogen (secondary N) is 2. The fourth-order valence-corrected chi connectivity index (χ4v) is 3.17. The average Bonchev–Trinajstić information content (AvgIpc) is 2.59. The molecule has 3 aromatic rings. The second-order valence-corrected chi connectivity index (χ2v) is 6.81. The highest BCUT2D eigenvalue weighted by atomic mass is 35.5. The van der Waals surface area contributed by atoms with Gasteiger partial charge in [-0.15, -0.1) is 5.10 Å². The van der Waals surface area contributed by atoms with Crippen molar-refractivity contribution in [2.24, 2.45) is 0 Å². The van der Waals surface area contributed by atoms with Crippen LogP contribution in [0.3, 0.4) is 0 Å². The summed E-state index contributed by atoms with van der Waals surface area (Å²) in [5.41, 5.74) is 5.75. The van der Waals surface area contributed by atoms with Gasteiger partial charge in [-0.25, -0.2) is 0 Å². The topological polar surface area (TPSA) is 62.7 Å². The molecule has 6 heteroatoms. The fraction of sp³-hybridized carbons (Fsp3) is 0.250. The van der Waals surface area contributed by atoms with Gasteiger partial charge in [-0.05, 0) is 56.0 Å². The van der Waals surface area contributed by atoms with Crippen molar-refractivity contribution in [3.05, 3.63) is 69.9 Å². The second kappa shape index (κ2) is 8.15. The number of hydrogen-bond acceptors (Lipinski definition) is 5. The zero-order chi connectivity index (χ0) is 18.5. The van der Waals surface area contributed by atoms with Crippen molar-refractivity contribution in [2.45, 2.75) is 27.2 Å². The van der Waals surface area contributed by atoms with Crippen LogP contribution in [0.15, 0.2) is 42.6 Å². The highest BCUT2D eigenvalue weighted by Crippen LogP contribution is 2.24. The predicted octanol–water partition coefficient (Wildman–Crippen LogP) is 4.85. The molecule has 0 fully saturated rings. The van der Waals surface area contributed by atoms with E-state index in [1.165, 1.54) is 11.1 Å². The Morgan fingerprint density at radius 2 is 1.81 bits per heavy atom. The predicted molar refractivity (Wildman–Crippen MR) is 107 cm³/mol. The standard InChI is InChI=1S/C20H22ClN5/c1-13-9-14(2)19(15(3)10-13)25-20-24-18(12-23-26-20)22-8-7-16-5-4-6-17(21)11-16/h4-6,9-12H,7-8H2,1-3H3,(H2,22,24,25,26). The minimum absolute atomic E-state index is 0.479. The maximum absolute atomic E-state index is 6.01. The molecule has 0 saturated heterocycles. The first-order chi connectivity index (χ1) is 12.5. The molecular formula is C20H22ClN5. The van der Waals surface area contributed by atoms with E-state index in [0.717, 1.165) is 34.8 Å². The van der Waals surface area contributed by atoms with Crippen molar-refractivity contribution in [1.82, 2.24) is 15.2 Å². The molecule has 0 unspecified atom stereocenters. The van der Waals surface area contributed by atoms with Crippen molar-refractivity contribution in [3.8, 4) is 0 Å². The largest absolute Gasteiger partial charge is 0.368 e. The van der Waals surface area contributed by atoms with Crippen LogP contribution in [0.1, 0.15) is 22.3 Å². The van der Waals surface area contributed by atoms with E-state index in [2.05, 4.69) is 64.8 Å². The molecule has 0 spiro atoms. The molecule has 1 aromatic heterocycles. The number of aryl methyl sites for hydroxylation is 3. The zero-order valence-corrected chi connectivity index (χ0v) is 15.9. The van der Waals surface area contributed by atoms with Crippen molar-refractivity contribution in [3.63, 3.8) is 0 Å². The molecule has 0 aliphatic rings. The molecule has 0 atom stereocenters. The van der Waals surface area contributed by atoms with E-state index in [1.54, 1.807) is 6.20 Å². The molecule has 1 heterocycles. The van der Waals surface area contributed by atoms with Gasteiger partial charge in [0.15, 0.2) is 5.82 Å². The van der Waals surface area contributed by atoms with E-state index in [1.807, 2.05) is 18.2 Å². The molecule has 0 amide bonds. The Kier molecular flexibility index (Phi) is 5.68. The molecule has 0 bridgehead atoms. The average molecular weight is 368 g/mol. The van der Waals surface area contributed by atoms with Crippen LogP contribution in [0.2, 0.25) is 5.02 Å². The fourth-order valence-electron chi connectivity index (χ4n) is 2.96. The van der Waals surface area contributed by atoms with Gasteiger partial charge in [0.25, 0.3) is 0 Å². The highest BCUT2D eigenvalue weighted by molar-refractivity contribution is 6.30. The van der Waals surface area contributed by atoms with Crippen molar-refractivity contribution in [2.75, 3.05) is 17.2 Å². The lowest BCUT2D eigenvalue weighted by Gasteiger charge is -2.13. The Labute approximate surface area is 158 Å². The van der Waals surface area contributed by atoms with Gasteiger partial charge in [-0.1, -0.05) is 41.4 Å². The van der Waals surface area contributed by atoms with Crippen LogP contribution < -0.4 is 10.6 Å². The number of nitrogens with zero attached hydrogens (tertiary/aromatic N) is 3. The van der Waals surface area contributed by atoms with Crippen LogP contribution in [0.4, 0.5) is 17.5 Å². The first-order valence-corrected chi connectivity index (χ1v) is 8.92. The number of anilines is 3. The smallest absolute Gasteiger partial charge is 0.249 e. The SMILES string of the molecule is Cc1cc(C)c(Nc2nncc(NCCc3cccc(Cl)c3)n2)c(C)c1. The minimum atomic E-state index is 0.479. The van der Waals surface area contributed by atoms with Crippen LogP contribution in [0, 0.1) is 20.8 Å². The summed E-state index contributed by atoms with van der Waals surface area (Å²) in [5.74, 6) is 1.17. The number of hydrogen-bond donors (Lipinski definition) is 2. The molecular weight excluding hydrogens is 346 g/mol. The molecule has 26 heavy (non-hydrogen) atoms. The van der Waals surface area contributed by atoms with E-state index in [4.69, 9.17) is 11.6 Å². The molecule has 2 aromatic carbocycles. The van der Waals surface area contributed by atoms with Gasteiger partial charge in [0.05, 0.1) is 6.20 Å². The molecule has 0 aliphatic heterocycles. The van der Waals surface area contributed by atoms with Gasteiger partial charge in [-0.3, -0.25) is 0 Å². The lowest BCUT2D eigenvalue weighted by molar-refractivity contribution is 0.949. The third kappa shape index (κ3) is 4.70. The zero-order valence-electron chi connectivity index (χ0n) is 15.2. The first kappa shape index (κ1) is 18.1. The lowest BCUT2D eigenvalue weighted by Crippen LogP contribution is -2.09. The van der Waals surface area contributed by atoms with E-state index in [9.17, 15) is 0 Å². The first-order valence-electron chi connectivity index (χ1n) is 8.54. The summed E-state index contributed by atoms with van der Waals surface area (Å²) in [7, 11) is 0. The summed E-state index contributed by atoms with van der Waals surface area (Å²) in [5, 5.41) is 15.4. The molecule has 134 valence electrons. The van der Waals surface area contributed by atoms with Crippen LogP contribution in [0.25, 0.3) is 0 Å². The number of aromatic nitrogens is 3. The van der Waals surface area contributed by atoms with Gasteiger partial charge in [0, 0.05) is 17.3 Å². The minimum Gasteiger partial charge on any atom is -0.368 e. The van der Waals surface area contributed by atoms with Gasteiger partial charge in [0.1, 0.15) is 0 Å². The third-order valence-corrected chi connectivity index (χ3v) is 4.32. The number of halogens is 1. The van der Waals surface area contributed by atoms with Crippen LogP contribution in [-0.2, 0) is 6.42 Å². The van der Waals surface area contributed by atoms with Crippen molar-refractivity contribution < 1.29 is 0 Å². The summed E-state index contributed by atoms with van der Waals surface area (Å²) in [4.78, 5) is 4.50. The van der Waals surface area contributed by atoms with Gasteiger partial charge < -0.3 is 10.6 Å². The number of rotatable bonds is 6. The van der Waals surface area contributed by atoms with E-state index in [0.29, 0.717) is 11.8 Å². The number of benzene rings is 2. The van der Waals surface area contributed by atoms with Crippen LogP contribution >= 0.6 is 11.6 Å². The normalized spacial score (nSPS) is 10.6. The summed E-state index contributed by atoms with van der Waals surface area (Å²) >= 11 is 6.01. The second-order valence-electron chi connectivity index (χ2n) is 6.37. The molecule has 2 N–H and O–H groups in total. The van der Waals surface area contributed by atoms with Gasteiger partial charge in [-0.2, -0.15) is 10.1 Å². The Morgan fingerprint density at radius 3 is 2.54 bits per heavy atom. The van der Waals surface area contributed by atoms with Gasteiger partial charge in [0.2, 0.25) is 5.95 Å². The summed E-state index contributed by atoms with van der Waals surface area (Å²) in [6.07, 6.45) is 2.47. The highest BCUT2D eigenvalue weighted by Gasteiger charge is 2.07. The molecule has 0 radical (unpaired) electrons. The maximum atomic E-state index is 6.01. The van der Waals surface area contributed by atoms with Crippen LogP contribution in [-0.4, -0.2) is 21.7 Å². The summed E-state index contributed by atoms with van der Waals surface area (Å²) in [6.45, 7) is 6.97. The summed E-state index contributed by atoms with van der Waals surface area (Å²) in [6, 6.07) is 12.1. The van der Waals surface area contributed by atoms with Crippen molar-refractivity contribution >= 4 is 29.1 Å². The van der Waals surface area contributed by atoms with E-state index >= 15 is 0 Å².